The molecule has 0 amide bonds. The molecule has 0 bridgehead atoms. The first kappa shape index (κ1) is 18.7. The number of sulfonamides is 1. The third-order valence-electron chi connectivity index (χ3n) is 2.55. The molecule has 0 fully saturated rings. The van der Waals surface area contributed by atoms with Crippen molar-refractivity contribution in [3.63, 3.8) is 0 Å². The van der Waals surface area contributed by atoms with E-state index in [4.69, 9.17) is 0 Å². The van der Waals surface area contributed by atoms with E-state index >= 15 is 0 Å². The zero-order chi connectivity index (χ0) is 17.6. The molecule has 0 saturated carbocycles. The third kappa shape index (κ3) is 4.81. The van der Waals surface area contributed by atoms with E-state index in [1.807, 2.05) is 0 Å². The lowest BCUT2D eigenvalue weighted by Crippen LogP contribution is -2.38. The number of hydrogen-bond acceptors (Lipinski definition) is 8. The molecule has 0 spiro atoms. The second kappa shape index (κ2) is 7.76. The Morgan fingerprint density at radius 1 is 1.22 bits per heavy atom. The van der Waals surface area contributed by atoms with Gasteiger partial charge >= 0.3 is 11.9 Å². The molecule has 0 aliphatic carbocycles. The molecule has 23 heavy (non-hydrogen) atoms. The fraction of sp³-hybridized carbons (Fsp3) is 0.455. The Hall–Kier alpha value is -2.37. The van der Waals surface area contributed by atoms with Crippen LogP contribution in [0.2, 0.25) is 0 Å². The van der Waals surface area contributed by atoms with Crippen molar-refractivity contribution in [3.05, 3.63) is 18.1 Å². The normalized spacial score (nSPS) is 12.6. The molecule has 1 aromatic heterocycles. The Morgan fingerprint density at radius 2 is 1.83 bits per heavy atom. The summed E-state index contributed by atoms with van der Waals surface area (Å²) in [5.74, 6) is -2.93. The van der Waals surface area contributed by atoms with E-state index in [-0.39, 0.29) is 0 Å². The number of rotatable bonds is 7. The third-order valence-corrected chi connectivity index (χ3v) is 4.16. The Balaban J connectivity index is 3.19. The minimum absolute atomic E-state index is 0.487. The van der Waals surface area contributed by atoms with Crippen LogP contribution in [-0.2, 0) is 24.3 Å². The predicted molar refractivity (Wildman–Crippen MR) is 72.3 cm³/mol. The monoisotopic (exact) mass is 353 g/mol. The number of carbonyl (C=O) groups is 2. The molecule has 1 rings (SSSR count). The highest BCUT2D eigenvalue weighted by Crippen LogP contribution is 2.18. The van der Waals surface area contributed by atoms with Gasteiger partial charge in [0.1, 0.15) is 0 Å². The summed E-state index contributed by atoms with van der Waals surface area (Å²) in [6.07, 6.45) is -2.20. The number of alkyl halides is 2. The number of halogens is 2. The first-order valence-corrected chi connectivity index (χ1v) is 7.54. The Kier molecular flexibility index (Phi) is 6.30. The average Bonchev–Trinajstić information content (AvgIpc) is 2.51. The van der Waals surface area contributed by atoms with E-state index in [0.29, 0.717) is 0 Å². The van der Waals surface area contributed by atoms with Crippen molar-refractivity contribution in [3.8, 4) is 0 Å². The van der Waals surface area contributed by atoms with E-state index < -0.39 is 51.6 Å². The van der Waals surface area contributed by atoms with Gasteiger partial charge in [-0.25, -0.2) is 32.0 Å². The van der Waals surface area contributed by atoms with Gasteiger partial charge in [0.25, 0.3) is 0 Å². The van der Waals surface area contributed by atoms with Gasteiger partial charge in [-0.2, -0.15) is 0 Å². The maximum atomic E-state index is 12.5. The highest BCUT2D eigenvalue weighted by Gasteiger charge is 2.37. The van der Waals surface area contributed by atoms with Crippen molar-refractivity contribution < 1.29 is 36.3 Å². The number of ether oxygens (including phenoxy) is 2. The first-order valence-electron chi connectivity index (χ1n) is 5.99. The van der Waals surface area contributed by atoms with Crippen LogP contribution >= 0.6 is 0 Å². The number of methoxy groups -OCH3 is 2. The van der Waals surface area contributed by atoms with Crippen LogP contribution in [0.15, 0.2) is 12.4 Å². The van der Waals surface area contributed by atoms with Gasteiger partial charge in [-0.3, -0.25) is 9.52 Å². The molecule has 0 saturated heterocycles. The topological polar surface area (TPSA) is 125 Å². The highest BCUT2D eigenvalue weighted by atomic mass is 32.2. The van der Waals surface area contributed by atoms with Gasteiger partial charge < -0.3 is 9.47 Å². The van der Waals surface area contributed by atoms with Crippen molar-refractivity contribution in [2.75, 3.05) is 18.9 Å². The molecule has 0 aromatic carbocycles. The van der Waals surface area contributed by atoms with Crippen molar-refractivity contribution in [1.29, 1.82) is 0 Å². The van der Waals surface area contributed by atoms with Crippen LogP contribution in [0.5, 0.6) is 0 Å². The second-order valence-electron chi connectivity index (χ2n) is 4.03. The maximum absolute atomic E-state index is 12.5. The van der Waals surface area contributed by atoms with Crippen molar-refractivity contribution in [1.82, 2.24) is 9.97 Å². The van der Waals surface area contributed by atoms with Gasteiger partial charge in [-0.15, -0.1) is 0 Å². The van der Waals surface area contributed by atoms with Crippen LogP contribution in [0.3, 0.4) is 0 Å². The SMILES string of the molecule is COC(=O)c1nccnc1NS(=O)(=O)C(CC(F)F)C(=O)OC. The van der Waals surface area contributed by atoms with Crippen LogP contribution in [0.25, 0.3) is 0 Å². The molecule has 1 atom stereocenters. The molecule has 12 heteroatoms. The van der Waals surface area contributed by atoms with Gasteiger partial charge in [-0.05, 0) is 0 Å². The van der Waals surface area contributed by atoms with E-state index in [0.717, 1.165) is 26.6 Å². The molecule has 9 nitrogen and oxygen atoms in total. The van der Waals surface area contributed by atoms with E-state index in [9.17, 15) is 26.8 Å². The summed E-state index contributed by atoms with van der Waals surface area (Å²) in [4.78, 5) is 30.1. The minimum Gasteiger partial charge on any atom is -0.468 e. The van der Waals surface area contributed by atoms with Crippen molar-refractivity contribution in [2.24, 2.45) is 0 Å². The highest BCUT2D eigenvalue weighted by molar-refractivity contribution is 7.94. The second-order valence-corrected chi connectivity index (χ2v) is 5.89. The molecule has 0 aliphatic heterocycles. The van der Waals surface area contributed by atoms with E-state index in [1.54, 1.807) is 4.72 Å². The standard InChI is InChI=1S/C11H13F2N3O6S/c1-21-10(17)6(5-7(12)13)23(19,20)16-9-8(11(18)22-2)14-3-4-15-9/h3-4,6-7H,5H2,1-2H3,(H,15,16). The molecular formula is C11H13F2N3O6S. The number of nitrogens with zero attached hydrogens (tertiary/aromatic N) is 2. The fourth-order valence-electron chi connectivity index (χ4n) is 1.51. The molecule has 128 valence electrons. The van der Waals surface area contributed by atoms with Crippen LogP contribution in [0.4, 0.5) is 14.6 Å². The average molecular weight is 353 g/mol. The van der Waals surface area contributed by atoms with Crippen LogP contribution < -0.4 is 4.72 Å². The van der Waals surface area contributed by atoms with Gasteiger partial charge in [0.05, 0.1) is 14.2 Å². The quantitative estimate of drug-likeness (QED) is 0.689. The lowest BCUT2D eigenvalue weighted by Gasteiger charge is -2.16. The molecule has 1 unspecified atom stereocenters. The molecule has 1 heterocycles. The fourth-order valence-corrected chi connectivity index (χ4v) is 2.82. The zero-order valence-corrected chi connectivity index (χ0v) is 12.8. The molecule has 1 N–H and O–H groups in total. The minimum atomic E-state index is -4.66. The van der Waals surface area contributed by atoms with Crippen LogP contribution in [0.1, 0.15) is 16.9 Å². The van der Waals surface area contributed by atoms with Gasteiger partial charge in [-0.1, -0.05) is 0 Å². The predicted octanol–water partition coefficient (Wildman–Crippen LogP) is 0.202. The Bertz CT molecular complexity index is 682. The number of aromatic nitrogens is 2. The molecule has 0 radical (unpaired) electrons. The maximum Gasteiger partial charge on any atom is 0.360 e. The van der Waals surface area contributed by atoms with E-state index in [1.165, 1.54) is 0 Å². The summed E-state index contributed by atoms with van der Waals surface area (Å²) in [6.45, 7) is 0. The number of nitrogens with one attached hydrogen (secondary N) is 1. The summed E-state index contributed by atoms with van der Waals surface area (Å²) in [5, 5.41) is -2.18. The van der Waals surface area contributed by atoms with Gasteiger partial charge in [0.2, 0.25) is 16.4 Å². The van der Waals surface area contributed by atoms with Crippen molar-refractivity contribution in [2.45, 2.75) is 18.1 Å². The van der Waals surface area contributed by atoms with Gasteiger partial charge in [0.15, 0.2) is 16.8 Å². The van der Waals surface area contributed by atoms with Crippen LogP contribution in [-0.4, -0.2) is 56.2 Å². The summed E-state index contributed by atoms with van der Waals surface area (Å²) in [7, 11) is -2.77. The zero-order valence-electron chi connectivity index (χ0n) is 12.0. The lowest BCUT2D eigenvalue weighted by molar-refractivity contribution is -0.140. The Labute approximate surface area is 130 Å². The number of carbonyl (C=O) groups excluding carboxylic acids is 2. The summed E-state index contributed by atoms with van der Waals surface area (Å²) in [6, 6.07) is 0. The first-order chi connectivity index (χ1) is 10.7. The summed E-state index contributed by atoms with van der Waals surface area (Å²) in [5.41, 5.74) is -0.487. The number of anilines is 1. The number of hydrogen-bond donors (Lipinski definition) is 1. The summed E-state index contributed by atoms with van der Waals surface area (Å²) < 4.78 is 59.7. The summed E-state index contributed by atoms with van der Waals surface area (Å²) >= 11 is 0. The smallest absolute Gasteiger partial charge is 0.360 e. The largest absolute Gasteiger partial charge is 0.468 e. The molecular weight excluding hydrogens is 340 g/mol. The molecule has 1 aromatic rings. The van der Waals surface area contributed by atoms with Crippen molar-refractivity contribution >= 4 is 27.8 Å². The van der Waals surface area contributed by atoms with Crippen LogP contribution in [0, 0.1) is 0 Å². The lowest BCUT2D eigenvalue weighted by atomic mass is 10.3. The van der Waals surface area contributed by atoms with E-state index in [2.05, 4.69) is 19.4 Å². The number of esters is 2. The Morgan fingerprint density at radius 3 is 2.35 bits per heavy atom. The molecule has 0 aliphatic rings. The van der Waals surface area contributed by atoms with Gasteiger partial charge in [0, 0.05) is 18.8 Å².